The molecule has 19 heavy (non-hydrogen) atoms. The Bertz CT molecular complexity index is 741. The summed E-state index contributed by atoms with van der Waals surface area (Å²) >= 11 is 0. The van der Waals surface area contributed by atoms with Crippen LogP contribution in [-0.2, 0) is 0 Å². The molecule has 4 nitrogen and oxygen atoms in total. The molecule has 0 bridgehead atoms. The number of alkyl halides is 3. The first-order valence-electron chi connectivity index (χ1n) is 5.13. The Morgan fingerprint density at radius 3 is 2.58 bits per heavy atom. The molecule has 0 atom stereocenters. The number of fused-ring (bicyclic) bond motifs is 1. The number of pyridine rings is 1. The topological polar surface area (TPSA) is 65.9 Å². The summed E-state index contributed by atoms with van der Waals surface area (Å²) in [5.74, 6) is -0.637. The van der Waals surface area contributed by atoms with E-state index < -0.39 is 17.7 Å². The molecule has 98 valence electrons. The Morgan fingerprint density at radius 2 is 2.00 bits per heavy atom. The van der Waals surface area contributed by atoms with Crippen LogP contribution in [0.3, 0.4) is 0 Å². The van der Waals surface area contributed by atoms with Crippen molar-refractivity contribution in [3.8, 4) is 11.8 Å². The highest BCUT2D eigenvalue weighted by Crippen LogP contribution is 2.29. The van der Waals surface area contributed by atoms with Crippen LogP contribution < -0.4 is 10.3 Å². The number of nitrogens with one attached hydrogen (secondary N) is 1. The molecule has 0 saturated heterocycles. The summed E-state index contributed by atoms with van der Waals surface area (Å²) in [6.45, 7) is 1.56. The van der Waals surface area contributed by atoms with E-state index in [9.17, 15) is 18.0 Å². The molecule has 0 aliphatic heterocycles. The maximum Gasteiger partial charge on any atom is 0.573 e. The molecule has 1 heterocycles. The van der Waals surface area contributed by atoms with Gasteiger partial charge in [0.15, 0.2) is 0 Å². The van der Waals surface area contributed by atoms with Gasteiger partial charge in [-0.1, -0.05) is 0 Å². The maximum atomic E-state index is 12.2. The van der Waals surface area contributed by atoms with Crippen molar-refractivity contribution >= 4 is 10.9 Å². The second-order valence-corrected chi connectivity index (χ2v) is 3.88. The summed E-state index contributed by atoms with van der Waals surface area (Å²) in [5.41, 5.74) is -0.0823. The molecule has 1 N–H and O–H groups in total. The van der Waals surface area contributed by atoms with Gasteiger partial charge in [0.2, 0.25) is 0 Å². The van der Waals surface area contributed by atoms with Gasteiger partial charge in [-0.2, -0.15) is 5.26 Å². The Hall–Kier alpha value is -2.49. The Labute approximate surface area is 105 Å². The summed E-state index contributed by atoms with van der Waals surface area (Å²) in [4.78, 5) is 13.8. The summed E-state index contributed by atoms with van der Waals surface area (Å²) in [5, 5.41) is 9.29. The van der Waals surface area contributed by atoms with Gasteiger partial charge in [0.05, 0.1) is 11.1 Å². The van der Waals surface area contributed by atoms with Gasteiger partial charge in [0, 0.05) is 17.0 Å². The van der Waals surface area contributed by atoms with Crippen molar-refractivity contribution in [3.05, 3.63) is 39.7 Å². The van der Waals surface area contributed by atoms with Crippen LogP contribution in [0.15, 0.2) is 23.0 Å². The van der Waals surface area contributed by atoms with Gasteiger partial charge in [-0.25, -0.2) is 0 Å². The predicted octanol–water partition coefficient (Wildman–Crippen LogP) is 2.61. The predicted molar refractivity (Wildman–Crippen MR) is 60.7 cm³/mol. The lowest BCUT2D eigenvalue weighted by molar-refractivity contribution is -0.274. The van der Waals surface area contributed by atoms with Gasteiger partial charge >= 0.3 is 6.36 Å². The Balaban J connectivity index is 2.68. The zero-order valence-corrected chi connectivity index (χ0v) is 9.63. The molecule has 0 unspecified atom stereocenters. The zero-order chi connectivity index (χ0) is 14.2. The number of rotatable bonds is 1. The highest BCUT2D eigenvalue weighted by Gasteiger charge is 2.32. The van der Waals surface area contributed by atoms with Gasteiger partial charge in [0.1, 0.15) is 11.8 Å². The molecule has 0 fully saturated rings. The Morgan fingerprint density at radius 1 is 1.32 bits per heavy atom. The minimum Gasteiger partial charge on any atom is -0.404 e. The van der Waals surface area contributed by atoms with E-state index in [4.69, 9.17) is 5.26 Å². The van der Waals surface area contributed by atoms with Gasteiger partial charge in [-0.15, -0.1) is 13.2 Å². The van der Waals surface area contributed by atoms with Crippen LogP contribution >= 0.6 is 0 Å². The molecule has 1 aromatic heterocycles. The number of H-pyrrole nitrogens is 1. The number of hydrogen-bond donors (Lipinski definition) is 1. The normalized spacial score (nSPS) is 11.3. The number of benzene rings is 1. The fraction of sp³-hybridized carbons (Fsp3) is 0.167. The minimum absolute atomic E-state index is 0.175. The Kier molecular flexibility index (Phi) is 2.94. The van der Waals surface area contributed by atoms with E-state index in [2.05, 4.69) is 9.72 Å². The van der Waals surface area contributed by atoms with E-state index in [-0.39, 0.29) is 11.1 Å². The summed E-state index contributed by atoms with van der Waals surface area (Å²) < 4.78 is 40.4. The molecular formula is C12H7F3N2O2. The van der Waals surface area contributed by atoms with Crippen molar-refractivity contribution in [1.82, 2.24) is 4.98 Å². The van der Waals surface area contributed by atoms with E-state index in [1.807, 2.05) is 0 Å². The van der Waals surface area contributed by atoms with E-state index in [0.717, 1.165) is 6.07 Å². The second-order valence-electron chi connectivity index (χ2n) is 3.88. The van der Waals surface area contributed by atoms with Crippen molar-refractivity contribution < 1.29 is 17.9 Å². The number of hydrogen-bond acceptors (Lipinski definition) is 3. The minimum atomic E-state index is -4.90. The van der Waals surface area contributed by atoms with Crippen molar-refractivity contribution in [1.29, 1.82) is 5.26 Å². The molecule has 1 aromatic carbocycles. The summed E-state index contributed by atoms with van der Waals surface area (Å²) in [6, 6.07) is 5.34. The SMILES string of the molecule is Cc1cc2cc(C#N)c(OC(F)(F)F)cc2[nH]c1=O. The fourth-order valence-corrected chi connectivity index (χ4v) is 1.64. The molecular weight excluding hydrogens is 261 g/mol. The monoisotopic (exact) mass is 268 g/mol. The van der Waals surface area contributed by atoms with Crippen LogP contribution in [0.5, 0.6) is 5.75 Å². The van der Waals surface area contributed by atoms with Crippen molar-refractivity contribution in [2.45, 2.75) is 13.3 Å². The molecule has 0 amide bonds. The molecule has 2 rings (SSSR count). The van der Waals surface area contributed by atoms with Crippen LogP contribution in [-0.4, -0.2) is 11.3 Å². The molecule has 0 saturated carbocycles. The number of nitrogens with zero attached hydrogens (tertiary/aromatic N) is 1. The second kappa shape index (κ2) is 4.31. The van der Waals surface area contributed by atoms with E-state index in [1.54, 1.807) is 13.0 Å². The van der Waals surface area contributed by atoms with Crippen molar-refractivity contribution in [2.75, 3.05) is 0 Å². The highest BCUT2D eigenvalue weighted by molar-refractivity contribution is 5.82. The lowest BCUT2D eigenvalue weighted by Crippen LogP contribution is -2.18. The van der Waals surface area contributed by atoms with Gasteiger partial charge in [0.25, 0.3) is 5.56 Å². The molecule has 0 aliphatic carbocycles. The summed E-state index contributed by atoms with van der Waals surface area (Å²) in [6.07, 6.45) is -4.90. The molecule has 0 aliphatic rings. The first kappa shape index (κ1) is 13.0. The van der Waals surface area contributed by atoms with Crippen LogP contribution in [0.1, 0.15) is 11.1 Å². The average Bonchev–Trinajstić information content (AvgIpc) is 2.28. The van der Waals surface area contributed by atoms with Crippen molar-refractivity contribution in [3.63, 3.8) is 0 Å². The number of aryl methyl sites for hydroxylation is 1. The number of halogens is 3. The number of ether oxygens (including phenoxy) is 1. The quantitative estimate of drug-likeness (QED) is 0.864. The van der Waals surface area contributed by atoms with Gasteiger partial charge < -0.3 is 9.72 Å². The third-order valence-electron chi connectivity index (χ3n) is 2.48. The molecule has 7 heteroatoms. The summed E-state index contributed by atoms with van der Waals surface area (Å²) in [7, 11) is 0. The third kappa shape index (κ3) is 2.68. The highest BCUT2D eigenvalue weighted by atomic mass is 19.4. The van der Waals surface area contributed by atoms with Crippen LogP contribution in [0.25, 0.3) is 10.9 Å². The van der Waals surface area contributed by atoms with Gasteiger partial charge in [-0.3, -0.25) is 4.79 Å². The number of nitriles is 1. The number of aromatic amines is 1. The third-order valence-corrected chi connectivity index (χ3v) is 2.48. The maximum absolute atomic E-state index is 12.2. The van der Waals surface area contributed by atoms with Crippen LogP contribution in [0.2, 0.25) is 0 Å². The first-order chi connectivity index (χ1) is 8.80. The standard InChI is InChI=1S/C12H7F3N2O2/c1-6-2-7-3-8(5-16)10(19-12(13,14)15)4-9(7)17-11(6)18/h2-4H,1H3,(H,17,18). The van der Waals surface area contributed by atoms with Crippen LogP contribution in [0, 0.1) is 18.3 Å². The van der Waals surface area contributed by atoms with Gasteiger partial charge in [-0.05, 0) is 19.1 Å². The average molecular weight is 268 g/mol. The fourth-order valence-electron chi connectivity index (χ4n) is 1.64. The van der Waals surface area contributed by atoms with E-state index >= 15 is 0 Å². The van der Waals surface area contributed by atoms with Crippen LogP contribution in [0.4, 0.5) is 13.2 Å². The lowest BCUT2D eigenvalue weighted by atomic mass is 10.1. The first-order valence-corrected chi connectivity index (χ1v) is 5.13. The molecule has 0 spiro atoms. The smallest absolute Gasteiger partial charge is 0.404 e. The van der Waals surface area contributed by atoms with Crippen molar-refractivity contribution in [2.24, 2.45) is 0 Å². The van der Waals surface area contributed by atoms with E-state index in [1.165, 1.54) is 12.1 Å². The lowest BCUT2D eigenvalue weighted by Gasteiger charge is -2.11. The molecule has 0 radical (unpaired) electrons. The number of aromatic nitrogens is 1. The zero-order valence-electron chi connectivity index (χ0n) is 9.63. The largest absolute Gasteiger partial charge is 0.573 e. The van der Waals surface area contributed by atoms with E-state index in [0.29, 0.717) is 10.9 Å². The molecule has 2 aromatic rings.